The molecular formula is C17H23NO3. The molecule has 0 heterocycles. The number of ether oxygens (including phenoxy) is 1. The molecule has 0 fully saturated rings. The Morgan fingerprint density at radius 2 is 2.14 bits per heavy atom. The number of carbonyl (C=O) groups is 1. The second-order valence-electron chi connectivity index (χ2n) is 5.27. The molecule has 0 saturated heterocycles. The first-order valence-electron chi connectivity index (χ1n) is 7.02. The van der Waals surface area contributed by atoms with Crippen LogP contribution >= 0.6 is 0 Å². The van der Waals surface area contributed by atoms with Gasteiger partial charge in [-0.3, -0.25) is 4.79 Å². The first kappa shape index (κ1) is 17.1. The lowest BCUT2D eigenvalue weighted by Crippen LogP contribution is -2.30. The SMILES string of the molecule is COc1ccc(C(=O)N(C)CC(C)C)cc1C#CCCO. The van der Waals surface area contributed by atoms with Crippen molar-refractivity contribution in [2.24, 2.45) is 5.92 Å². The van der Waals surface area contributed by atoms with Gasteiger partial charge in [0.05, 0.1) is 19.3 Å². The van der Waals surface area contributed by atoms with Gasteiger partial charge in [0.25, 0.3) is 5.91 Å². The number of carbonyl (C=O) groups excluding carboxylic acids is 1. The molecule has 0 atom stereocenters. The van der Waals surface area contributed by atoms with Crippen molar-refractivity contribution >= 4 is 5.91 Å². The molecule has 1 aromatic rings. The molecule has 1 aromatic carbocycles. The van der Waals surface area contributed by atoms with Crippen LogP contribution in [0.15, 0.2) is 18.2 Å². The van der Waals surface area contributed by atoms with Crippen LogP contribution < -0.4 is 4.74 Å². The summed E-state index contributed by atoms with van der Waals surface area (Å²) in [6.45, 7) is 4.87. The Morgan fingerprint density at radius 3 is 2.71 bits per heavy atom. The zero-order chi connectivity index (χ0) is 15.8. The van der Waals surface area contributed by atoms with E-state index in [1.807, 2.05) is 0 Å². The van der Waals surface area contributed by atoms with E-state index in [4.69, 9.17) is 9.84 Å². The number of nitrogens with zero attached hydrogens (tertiary/aromatic N) is 1. The Labute approximate surface area is 126 Å². The van der Waals surface area contributed by atoms with Crippen LogP contribution in [-0.4, -0.2) is 43.2 Å². The summed E-state index contributed by atoms with van der Waals surface area (Å²) in [5, 5.41) is 8.78. The summed E-state index contributed by atoms with van der Waals surface area (Å²) in [7, 11) is 3.36. The molecule has 0 bridgehead atoms. The Morgan fingerprint density at radius 1 is 1.43 bits per heavy atom. The monoisotopic (exact) mass is 289 g/mol. The van der Waals surface area contributed by atoms with Gasteiger partial charge in [-0.25, -0.2) is 0 Å². The third-order valence-electron chi connectivity index (χ3n) is 2.89. The minimum atomic E-state index is -0.0310. The van der Waals surface area contributed by atoms with Crippen molar-refractivity contribution in [3.63, 3.8) is 0 Å². The fraction of sp³-hybridized carbons (Fsp3) is 0.471. The first-order valence-corrected chi connectivity index (χ1v) is 7.02. The molecule has 1 rings (SSSR count). The third kappa shape index (κ3) is 5.13. The average molecular weight is 289 g/mol. The summed E-state index contributed by atoms with van der Waals surface area (Å²) in [6, 6.07) is 5.23. The maximum Gasteiger partial charge on any atom is 0.253 e. The van der Waals surface area contributed by atoms with Crippen LogP contribution in [0.1, 0.15) is 36.2 Å². The molecule has 0 radical (unpaired) electrons. The zero-order valence-electron chi connectivity index (χ0n) is 13.1. The Bertz CT molecular complexity index is 541. The molecule has 0 spiro atoms. The van der Waals surface area contributed by atoms with E-state index in [1.165, 1.54) is 0 Å². The van der Waals surface area contributed by atoms with E-state index in [0.29, 0.717) is 35.8 Å². The summed E-state index contributed by atoms with van der Waals surface area (Å²) in [6.07, 6.45) is 0.397. The molecule has 4 nitrogen and oxygen atoms in total. The predicted octanol–water partition coefficient (Wildman–Crippen LogP) is 2.16. The zero-order valence-corrected chi connectivity index (χ0v) is 13.1. The Kier molecular flexibility index (Phi) is 6.77. The molecule has 0 aliphatic carbocycles. The smallest absolute Gasteiger partial charge is 0.253 e. The van der Waals surface area contributed by atoms with Crippen LogP contribution in [0.5, 0.6) is 5.75 Å². The van der Waals surface area contributed by atoms with E-state index in [1.54, 1.807) is 37.3 Å². The van der Waals surface area contributed by atoms with Gasteiger partial charge in [0, 0.05) is 25.6 Å². The fourth-order valence-electron chi connectivity index (χ4n) is 2.00. The highest BCUT2D eigenvalue weighted by Gasteiger charge is 2.14. The minimum Gasteiger partial charge on any atom is -0.495 e. The molecule has 0 aromatic heterocycles. The van der Waals surface area contributed by atoms with Gasteiger partial charge in [-0.2, -0.15) is 0 Å². The maximum absolute atomic E-state index is 12.4. The Hall–Kier alpha value is -1.99. The standard InChI is InChI=1S/C17H23NO3/c1-13(2)12-18(3)17(20)15-8-9-16(21-4)14(11-15)7-5-6-10-19/h8-9,11,13,19H,6,10,12H2,1-4H3. The summed E-state index contributed by atoms with van der Waals surface area (Å²) in [5.74, 6) is 6.80. The van der Waals surface area contributed by atoms with Crippen LogP contribution in [0.3, 0.4) is 0 Å². The topological polar surface area (TPSA) is 49.8 Å². The average Bonchev–Trinajstić information content (AvgIpc) is 2.46. The van der Waals surface area contributed by atoms with Crippen molar-refractivity contribution in [3.05, 3.63) is 29.3 Å². The number of aliphatic hydroxyl groups is 1. The van der Waals surface area contributed by atoms with Gasteiger partial charge in [-0.15, -0.1) is 0 Å². The van der Waals surface area contributed by atoms with Crippen LogP contribution in [-0.2, 0) is 0 Å². The Balaban J connectivity index is 3.02. The number of hydrogen-bond acceptors (Lipinski definition) is 3. The van der Waals surface area contributed by atoms with E-state index in [2.05, 4.69) is 25.7 Å². The minimum absolute atomic E-state index is 0.0189. The molecule has 114 valence electrons. The number of methoxy groups -OCH3 is 1. The first-order chi connectivity index (χ1) is 9.99. The number of benzene rings is 1. The quantitative estimate of drug-likeness (QED) is 0.845. The molecule has 0 saturated carbocycles. The maximum atomic E-state index is 12.4. The normalized spacial score (nSPS) is 10.0. The highest BCUT2D eigenvalue weighted by Crippen LogP contribution is 2.20. The van der Waals surface area contributed by atoms with Gasteiger partial charge in [-0.05, 0) is 24.1 Å². The van der Waals surface area contributed by atoms with E-state index < -0.39 is 0 Å². The molecule has 0 aliphatic heterocycles. The molecule has 4 heteroatoms. The highest BCUT2D eigenvalue weighted by atomic mass is 16.5. The molecule has 1 N–H and O–H groups in total. The summed E-state index contributed by atoms with van der Waals surface area (Å²) in [4.78, 5) is 14.1. The van der Waals surface area contributed by atoms with Gasteiger partial charge >= 0.3 is 0 Å². The summed E-state index contributed by atoms with van der Waals surface area (Å²) < 4.78 is 5.25. The fourth-order valence-corrected chi connectivity index (χ4v) is 2.00. The summed E-state index contributed by atoms with van der Waals surface area (Å²) >= 11 is 0. The van der Waals surface area contributed by atoms with Crippen molar-refractivity contribution in [2.75, 3.05) is 27.3 Å². The highest BCUT2D eigenvalue weighted by molar-refractivity contribution is 5.94. The lowest BCUT2D eigenvalue weighted by molar-refractivity contribution is 0.0779. The van der Waals surface area contributed by atoms with Crippen LogP contribution in [0.4, 0.5) is 0 Å². The van der Waals surface area contributed by atoms with Crippen molar-refractivity contribution in [1.29, 1.82) is 0 Å². The van der Waals surface area contributed by atoms with Gasteiger partial charge in [0.1, 0.15) is 5.75 Å². The second kappa shape index (κ2) is 8.33. The molecule has 21 heavy (non-hydrogen) atoms. The number of amides is 1. The van der Waals surface area contributed by atoms with Gasteiger partial charge in [0.15, 0.2) is 0 Å². The van der Waals surface area contributed by atoms with Gasteiger partial charge < -0.3 is 14.7 Å². The van der Waals surface area contributed by atoms with Crippen LogP contribution in [0.2, 0.25) is 0 Å². The van der Waals surface area contributed by atoms with Crippen LogP contribution in [0.25, 0.3) is 0 Å². The number of hydrogen-bond donors (Lipinski definition) is 1. The molecule has 0 unspecified atom stereocenters. The predicted molar refractivity (Wildman–Crippen MR) is 83.4 cm³/mol. The largest absolute Gasteiger partial charge is 0.495 e. The lowest BCUT2D eigenvalue weighted by Gasteiger charge is -2.19. The van der Waals surface area contributed by atoms with Gasteiger partial charge in [-0.1, -0.05) is 25.7 Å². The molecule has 1 amide bonds. The molecule has 0 aliphatic rings. The van der Waals surface area contributed by atoms with E-state index in [0.717, 1.165) is 0 Å². The number of rotatable bonds is 5. The second-order valence-corrected chi connectivity index (χ2v) is 5.27. The van der Waals surface area contributed by atoms with Gasteiger partial charge in [0.2, 0.25) is 0 Å². The van der Waals surface area contributed by atoms with E-state index in [-0.39, 0.29) is 12.5 Å². The summed E-state index contributed by atoms with van der Waals surface area (Å²) in [5.41, 5.74) is 1.25. The van der Waals surface area contributed by atoms with Crippen molar-refractivity contribution in [2.45, 2.75) is 20.3 Å². The third-order valence-corrected chi connectivity index (χ3v) is 2.89. The number of aliphatic hydroxyl groups excluding tert-OH is 1. The lowest BCUT2D eigenvalue weighted by atomic mass is 10.1. The molecular weight excluding hydrogens is 266 g/mol. The van der Waals surface area contributed by atoms with Crippen molar-refractivity contribution < 1.29 is 14.6 Å². The van der Waals surface area contributed by atoms with E-state index >= 15 is 0 Å². The van der Waals surface area contributed by atoms with Crippen molar-refractivity contribution in [3.8, 4) is 17.6 Å². The van der Waals surface area contributed by atoms with E-state index in [9.17, 15) is 4.79 Å². The van der Waals surface area contributed by atoms with Crippen molar-refractivity contribution in [1.82, 2.24) is 4.90 Å². The van der Waals surface area contributed by atoms with Crippen LogP contribution in [0, 0.1) is 17.8 Å².